The molecule has 20 heteroatoms. The van der Waals surface area contributed by atoms with E-state index in [0.717, 1.165) is 44.1 Å². The third-order valence-electron chi connectivity index (χ3n) is 14.1. The molecule has 6 atom stereocenters. The van der Waals surface area contributed by atoms with Gasteiger partial charge in [0.05, 0.1) is 53.4 Å². The number of carbonyl (C=O) groups is 4. The number of aliphatic carboxylic acids is 2. The molecule has 4 heterocycles. The van der Waals surface area contributed by atoms with Gasteiger partial charge < -0.3 is 39.0 Å². The molecule has 2 N–H and O–H groups in total. The van der Waals surface area contributed by atoms with Gasteiger partial charge in [0.2, 0.25) is 0 Å². The summed E-state index contributed by atoms with van der Waals surface area (Å²) in [6.07, 6.45) is 7.53. The van der Waals surface area contributed by atoms with Crippen molar-refractivity contribution >= 4 is 24.1 Å². The number of rotatable bonds is 17. The molecule has 1 aromatic carbocycles. The number of aryl methyl sites for hydroxylation is 2. The molecule has 0 saturated heterocycles. The molecule has 2 amide bonds. The summed E-state index contributed by atoms with van der Waals surface area (Å²) in [5.74, 6) is -2.12. The Balaban J connectivity index is 0.960. The van der Waals surface area contributed by atoms with Gasteiger partial charge in [-0.2, -0.15) is 0 Å². The Morgan fingerprint density at radius 1 is 0.743 bits per heavy atom. The Hall–Kier alpha value is -7.12. The minimum absolute atomic E-state index is 0.0898. The summed E-state index contributed by atoms with van der Waals surface area (Å²) in [6.45, 7) is 3.76. The summed E-state index contributed by atoms with van der Waals surface area (Å²) in [6, 6.07) is 16.6. The molecule has 372 valence electrons. The monoisotopic (exact) mass is 962 g/mol. The molecule has 3 aliphatic carbocycles. The molecule has 5 aromatic rings. The minimum atomic E-state index is -0.929. The summed E-state index contributed by atoms with van der Waals surface area (Å²) in [7, 11) is 5.15. The van der Waals surface area contributed by atoms with Crippen LogP contribution in [-0.4, -0.2) is 116 Å². The van der Waals surface area contributed by atoms with Crippen molar-refractivity contribution in [3.8, 4) is 34.3 Å². The quantitative estimate of drug-likeness (QED) is 0.0909. The van der Waals surface area contributed by atoms with Gasteiger partial charge in [-0.1, -0.05) is 53.6 Å². The molecular weight excluding hydrogens is 901 g/mol. The first kappa shape index (κ1) is 49.3. The molecule has 1 unspecified atom stereocenters. The largest absolute Gasteiger partial charge is 0.489 e. The van der Waals surface area contributed by atoms with Crippen molar-refractivity contribution < 1.29 is 48.3 Å². The van der Waals surface area contributed by atoms with E-state index in [-0.39, 0.29) is 50.3 Å². The fourth-order valence-electron chi connectivity index (χ4n) is 9.89. The van der Waals surface area contributed by atoms with Crippen LogP contribution in [0.5, 0.6) is 11.5 Å². The van der Waals surface area contributed by atoms with Gasteiger partial charge in [-0.25, -0.2) is 23.9 Å². The van der Waals surface area contributed by atoms with Crippen molar-refractivity contribution in [2.45, 2.75) is 129 Å². The predicted octanol–water partition coefficient (Wildman–Crippen LogP) is 7.65. The summed E-state index contributed by atoms with van der Waals surface area (Å²) >= 11 is 0. The van der Waals surface area contributed by atoms with Crippen molar-refractivity contribution in [2.24, 2.45) is 24.8 Å². The SMILES string of the molecule is Cc1nc(-c2nnn(C)c2COC(=O)N(C)[C@H](C)c2ccccc2)ccc1O[C@H]1CC(Cn2nnc(-c3ccc(O[C@H]4CCC[C@H](C(=O)O)C4)cn3)c2COC(=O)N(C)C2CCCC2)C[C@H](C(=O)O)C1. The van der Waals surface area contributed by atoms with Crippen LogP contribution in [0, 0.1) is 24.7 Å². The van der Waals surface area contributed by atoms with Crippen molar-refractivity contribution in [3.05, 3.63) is 83.4 Å². The molecule has 4 aromatic heterocycles. The van der Waals surface area contributed by atoms with Gasteiger partial charge in [0, 0.05) is 33.7 Å². The molecule has 70 heavy (non-hydrogen) atoms. The molecule has 3 aliphatic rings. The van der Waals surface area contributed by atoms with Crippen LogP contribution in [0.3, 0.4) is 0 Å². The first-order chi connectivity index (χ1) is 33.7. The molecule has 0 aliphatic heterocycles. The smallest absolute Gasteiger partial charge is 0.410 e. The van der Waals surface area contributed by atoms with Gasteiger partial charge in [0.1, 0.15) is 47.5 Å². The van der Waals surface area contributed by atoms with Crippen LogP contribution in [-0.2, 0) is 45.9 Å². The lowest BCUT2D eigenvalue weighted by molar-refractivity contribution is -0.145. The van der Waals surface area contributed by atoms with Gasteiger partial charge >= 0.3 is 24.1 Å². The topological polar surface area (TPSA) is 239 Å². The third-order valence-corrected chi connectivity index (χ3v) is 14.1. The third kappa shape index (κ3) is 11.7. The normalized spacial score (nSPS) is 20.8. The lowest BCUT2D eigenvalue weighted by Gasteiger charge is -2.33. The highest BCUT2D eigenvalue weighted by Gasteiger charge is 2.36. The lowest BCUT2D eigenvalue weighted by Crippen LogP contribution is -2.36. The zero-order valence-corrected chi connectivity index (χ0v) is 40.3. The van der Waals surface area contributed by atoms with Gasteiger partial charge in [-0.3, -0.25) is 14.6 Å². The van der Waals surface area contributed by atoms with E-state index in [1.807, 2.05) is 37.3 Å². The first-order valence-electron chi connectivity index (χ1n) is 24.1. The van der Waals surface area contributed by atoms with Crippen LogP contribution in [0.25, 0.3) is 22.8 Å². The Labute approximate surface area is 406 Å². The Morgan fingerprint density at radius 3 is 2.14 bits per heavy atom. The van der Waals surface area contributed by atoms with Crippen molar-refractivity contribution in [1.82, 2.24) is 49.8 Å². The van der Waals surface area contributed by atoms with Crippen LogP contribution in [0.4, 0.5) is 9.59 Å². The number of hydrogen-bond acceptors (Lipinski definition) is 14. The van der Waals surface area contributed by atoms with E-state index in [4.69, 9.17) is 23.9 Å². The maximum atomic E-state index is 13.4. The molecule has 3 saturated carbocycles. The predicted molar refractivity (Wildman–Crippen MR) is 252 cm³/mol. The van der Waals surface area contributed by atoms with Gasteiger partial charge in [-0.15, -0.1) is 10.2 Å². The van der Waals surface area contributed by atoms with E-state index in [0.29, 0.717) is 77.0 Å². The average Bonchev–Trinajstić information content (AvgIpc) is 4.14. The van der Waals surface area contributed by atoms with E-state index in [9.17, 15) is 29.4 Å². The fraction of sp³-hybridized carbons (Fsp3) is 0.520. The summed E-state index contributed by atoms with van der Waals surface area (Å²) < 4.78 is 27.5. The lowest BCUT2D eigenvalue weighted by atomic mass is 9.79. The number of nitrogens with zero attached hydrogens (tertiary/aromatic N) is 10. The molecular formula is C50H62N10O10. The summed E-state index contributed by atoms with van der Waals surface area (Å²) in [4.78, 5) is 63.4. The highest BCUT2D eigenvalue weighted by atomic mass is 16.6. The number of aromatic nitrogens is 8. The maximum Gasteiger partial charge on any atom is 0.410 e. The van der Waals surface area contributed by atoms with Gasteiger partial charge in [-0.05, 0) is 107 Å². The standard InChI is InChI=1S/C50H62N10O10/c1-30-44(21-20-41(52-30)46-42(59(5)55-53-46)28-67-49(65)57(3)31(2)33-12-7-6-8-13-33)70-39-23-32(22-35(25-39)48(63)64)27-60-43(29-68-50(66)58(4)36-15-9-10-16-36)45(54-56-60)40-19-18-38(26-51-40)69-37-17-11-14-34(24-37)47(61)62/h6-8,12-13,18-21,26,31-32,34-37,39H,9-11,14-17,22-25,27-29H2,1-5H3,(H,61,62)(H,63,64)/t31-,32?,34+,35+,37+,39+/m1/s1. The molecule has 8 rings (SSSR count). The highest BCUT2D eigenvalue weighted by molar-refractivity contribution is 5.71. The Kier molecular flexibility index (Phi) is 15.6. The second-order valence-electron chi connectivity index (χ2n) is 18.9. The van der Waals surface area contributed by atoms with Gasteiger partial charge in [0.15, 0.2) is 0 Å². The number of carboxylic acids is 2. The number of carbonyl (C=O) groups excluding carboxylic acids is 2. The van der Waals surface area contributed by atoms with E-state index >= 15 is 0 Å². The zero-order chi connectivity index (χ0) is 49.5. The number of pyridine rings is 2. The Bertz CT molecular complexity index is 2620. The zero-order valence-electron chi connectivity index (χ0n) is 40.3. The molecule has 0 spiro atoms. The van der Waals surface area contributed by atoms with Crippen LogP contribution in [0.2, 0.25) is 0 Å². The number of benzene rings is 1. The number of ether oxygens (including phenoxy) is 4. The molecule has 20 nitrogen and oxygen atoms in total. The maximum absolute atomic E-state index is 13.4. The van der Waals surface area contributed by atoms with Crippen molar-refractivity contribution in [2.75, 3.05) is 14.1 Å². The van der Waals surface area contributed by atoms with E-state index in [1.54, 1.807) is 72.8 Å². The van der Waals surface area contributed by atoms with Crippen LogP contribution < -0.4 is 9.47 Å². The second-order valence-corrected chi connectivity index (χ2v) is 18.9. The van der Waals surface area contributed by atoms with Crippen LogP contribution >= 0.6 is 0 Å². The Morgan fingerprint density at radius 2 is 1.43 bits per heavy atom. The number of carboxylic acid groups (broad SMARTS) is 2. The first-order valence-corrected chi connectivity index (χ1v) is 24.1. The van der Waals surface area contributed by atoms with E-state index in [1.165, 1.54) is 4.90 Å². The average molecular weight is 963 g/mol. The van der Waals surface area contributed by atoms with E-state index in [2.05, 4.69) is 25.6 Å². The van der Waals surface area contributed by atoms with Crippen molar-refractivity contribution in [3.63, 3.8) is 0 Å². The number of hydrogen-bond donors (Lipinski definition) is 2. The van der Waals surface area contributed by atoms with Crippen LogP contribution in [0.15, 0.2) is 60.8 Å². The summed E-state index contributed by atoms with van der Waals surface area (Å²) in [5.41, 5.74) is 4.40. The fourth-order valence-corrected chi connectivity index (χ4v) is 9.89. The highest BCUT2D eigenvalue weighted by Crippen LogP contribution is 2.36. The van der Waals surface area contributed by atoms with E-state index < -0.39 is 42.1 Å². The molecule has 0 bridgehead atoms. The summed E-state index contributed by atoms with van der Waals surface area (Å²) in [5, 5.41) is 37.4. The second kappa shape index (κ2) is 22.1. The minimum Gasteiger partial charge on any atom is -0.489 e. The van der Waals surface area contributed by atoms with Crippen molar-refractivity contribution in [1.29, 1.82) is 0 Å². The van der Waals surface area contributed by atoms with Gasteiger partial charge in [0.25, 0.3) is 0 Å². The number of amides is 2. The van der Waals surface area contributed by atoms with Crippen LogP contribution in [0.1, 0.15) is 106 Å². The molecule has 3 fully saturated rings. The molecule has 0 radical (unpaired) electrons.